The highest BCUT2D eigenvalue weighted by atomic mass is 16.4. The molecule has 1 saturated carbocycles. The first-order valence-electron chi connectivity index (χ1n) is 8.23. The fraction of sp³-hybridized carbons (Fsp3) is 0.222. The molecule has 8 heteroatoms. The fourth-order valence-corrected chi connectivity index (χ4v) is 3.12. The van der Waals surface area contributed by atoms with Crippen molar-refractivity contribution < 1.29 is 14.7 Å². The molecule has 1 fully saturated rings. The fourth-order valence-electron chi connectivity index (χ4n) is 3.12. The third-order valence-electron chi connectivity index (χ3n) is 4.71. The number of amides is 1. The van der Waals surface area contributed by atoms with Crippen molar-refractivity contribution in [3.8, 4) is 0 Å². The van der Waals surface area contributed by atoms with E-state index in [1.807, 2.05) is 30.3 Å². The molecule has 132 valence electrons. The number of nitrogens with zero attached hydrogens (tertiary/aromatic N) is 3. The van der Waals surface area contributed by atoms with Gasteiger partial charge in [0.25, 0.3) is 0 Å². The van der Waals surface area contributed by atoms with Crippen LogP contribution in [0, 0.1) is 0 Å². The standard InChI is InChI=1S/C18H17N5O3/c1-19-12-7-8-13(15(24)25)23-14(12)20-17(22-23)21-16(26)18(9-10-18)11-5-3-2-4-6-11/h2-8,19H,9-10H2,1H3,(H,24,25)(H,21,22,26). The zero-order valence-electron chi connectivity index (χ0n) is 14.1. The Morgan fingerprint density at radius 3 is 2.50 bits per heavy atom. The van der Waals surface area contributed by atoms with Gasteiger partial charge in [0.2, 0.25) is 11.9 Å². The Balaban J connectivity index is 1.69. The minimum absolute atomic E-state index is 0.0313. The minimum Gasteiger partial charge on any atom is -0.477 e. The second-order valence-electron chi connectivity index (χ2n) is 6.26. The molecule has 26 heavy (non-hydrogen) atoms. The first-order chi connectivity index (χ1) is 12.5. The van der Waals surface area contributed by atoms with Crippen LogP contribution in [0.15, 0.2) is 42.5 Å². The zero-order valence-corrected chi connectivity index (χ0v) is 14.1. The van der Waals surface area contributed by atoms with Gasteiger partial charge in [-0.25, -0.2) is 9.31 Å². The Labute approximate surface area is 148 Å². The van der Waals surface area contributed by atoms with Crippen LogP contribution < -0.4 is 10.6 Å². The van der Waals surface area contributed by atoms with Gasteiger partial charge in [-0.15, -0.1) is 5.10 Å². The maximum Gasteiger partial charge on any atom is 0.354 e. The number of aromatic nitrogens is 3. The van der Waals surface area contributed by atoms with Crippen molar-refractivity contribution in [2.24, 2.45) is 0 Å². The van der Waals surface area contributed by atoms with Crippen LogP contribution in [0.3, 0.4) is 0 Å². The topological polar surface area (TPSA) is 109 Å². The molecule has 8 nitrogen and oxygen atoms in total. The number of pyridine rings is 1. The van der Waals surface area contributed by atoms with Gasteiger partial charge in [0.1, 0.15) is 0 Å². The summed E-state index contributed by atoms with van der Waals surface area (Å²) in [4.78, 5) is 28.5. The van der Waals surface area contributed by atoms with Crippen molar-refractivity contribution in [3.63, 3.8) is 0 Å². The van der Waals surface area contributed by atoms with Gasteiger partial charge in [0.15, 0.2) is 11.3 Å². The van der Waals surface area contributed by atoms with Crippen LogP contribution >= 0.6 is 0 Å². The summed E-state index contributed by atoms with van der Waals surface area (Å²) in [5.74, 6) is -1.21. The number of carboxylic acid groups (broad SMARTS) is 1. The van der Waals surface area contributed by atoms with Gasteiger partial charge in [-0.2, -0.15) is 4.98 Å². The van der Waals surface area contributed by atoms with Crippen molar-refractivity contribution in [3.05, 3.63) is 53.7 Å². The smallest absolute Gasteiger partial charge is 0.354 e. The van der Waals surface area contributed by atoms with Crippen molar-refractivity contribution in [1.82, 2.24) is 14.6 Å². The molecule has 0 radical (unpaired) electrons. The molecule has 1 aliphatic carbocycles. The van der Waals surface area contributed by atoms with Crippen molar-refractivity contribution in [2.45, 2.75) is 18.3 Å². The highest BCUT2D eigenvalue weighted by Crippen LogP contribution is 2.48. The van der Waals surface area contributed by atoms with Crippen LogP contribution in [0.4, 0.5) is 11.6 Å². The number of aromatic carboxylic acids is 1. The molecule has 2 aromatic heterocycles. The number of hydrogen-bond donors (Lipinski definition) is 3. The van der Waals surface area contributed by atoms with Crippen LogP contribution in [0.25, 0.3) is 5.65 Å². The molecule has 3 N–H and O–H groups in total. The predicted molar refractivity (Wildman–Crippen MR) is 95.5 cm³/mol. The summed E-state index contributed by atoms with van der Waals surface area (Å²) in [6.07, 6.45) is 1.52. The number of rotatable bonds is 5. The van der Waals surface area contributed by atoms with Crippen molar-refractivity contribution >= 4 is 29.2 Å². The molecule has 1 amide bonds. The van der Waals surface area contributed by atoms with E-state index < -0.39 is 11.4 Å². The Bertz CT molecular complexity index is 1010. The van der Waals surface area contributed by atoms with Crippen LogP contribution in [-0.4, -0.2) is 38.6 Å². The SMILES string of the molecule is CNc1ccc(C(=O)O)n2nc(NC(=O)C3(c4ccccc4)CC3)nc12. The number of carbonyl (C=O) groups is 2. The van der Waals surface area contributed by atoms with E-state index in [0.29, 0.717) is 11.3 Å². The van der Waals surface area contributed by atoms with Gasteiger partial charge in [0, 0.05) is 7.05 Å². The number of benzene rings is 1. The van der Waals surface area contributed by atoms with Gasteiger partial charge in [-0.05, 0) is 30.5 Å². The Morgan fingerprint density at radius 2 is 1.88 bits per heavy atom. The lowest BCUT2D eigenvalue weighted by atomic mass is 9.95. The molecule has 2 heterocycles. The minimum atomic E-state index is -1.12. The number of fused-ring (bicyclic) bond motifs is 1. The van der Waals surface area contributed by atoms with E-state index in [4.69, 9.17) is 0 Å². The van der Waals surface area contributed by atoms with Gasteiger partial charge >= 0.3 is 5.97 Å². The number of carboxylic acids is 1. The van der Waals surface area contributed by atoms with Crippen LogP contribution in [0.1, 0.15) is 28.9 Å². The third kappa shape index (κ3) is 2.46. The predicted octanol–water partition coefficient (Wildman–Crippen LogP) is 2.14. The van der Waals surface area contributed by atoms with Gasteiger partial charge in [0.05, 0.1) is 11.1 Å². The number of anilines is 2. The monoisotopic (exact) mass is 351 g/mol. The second-order valence-corrected chi connectivity index (χ2v) is 6.26. The molecule has 0 spiro atoms. The average Bonchev–Trinajstić information content (AvgIpc) is 3.36. The number of carbonyl (C=O) groups excluding carboxylic acids is 1. The lowest BCUT2D eigenvalue weighted by Crippen LogP contribution is -2.28. The van der Waals surface area contributed by atoms with Crippen LogP contribution in [0.5, 0.6) is 0 Å². The van der Waals surface area contributed by atoms with Gasteiger partial charge in [-0.3, -0.25) is 10.1 Å². The molecule has 0 unspecified atom stereocenters. The molecular formula is C18H17N5O3. The van der Waals surface area contributed by atoms with E-state index in [0.717, 1.165) is 18.4 Å². The van der Waals surface area contributed by atoms with Gasteiger partial charge in [-0.1, -0.05) is 30.3 Å². The summed E-state index contributed by atoms with van der Waals surface area (Å²) < 4.78 is 1.21. The number of nitrogens with one attached hydrogen (secondary N) is 2. The maximum absolute atomic E-state index is 12.8. The molecule has 4 rings (SSSR count). The van der Waals surface area contributed by atoms with Crippen LogP contribution in [0.2, 0.25) is 0 Å². The lowest BCUT2D eigenvalue weighted by Gasteiger charge is -2.13. The molecule has 0 aliphatic heterocycles. The summed E-state index contributed by atoms with van der Waals surface area (Å²) in [6.45, 7) is 0. The Morgan fingerprint density at radius 1 is 1.15 bits per heavy atom. The van der Waals surface area contributed by atoms with E-state index in [-0.39, 0.29) is 17.5 Å². The summed E-state index contributed by atoms with van der Waals surface area (Å²) >= 11 is 0. The van der Waals surface area contributed by atoms with Crippen molar-refractivity contribution in [1.29, 1.82) is 0 Å². The van der Waals surface area contributed by atoms with E-state index >= 15 is 0 Å². The van der Waals surface area contributed by atoms with E-state index in [1.54, 1.807) is 13.1 Å². The van der Waals surface area contributed by atoms with E-state index in [1.165, 1.54) is 10.6 Å². The van der Waals surface area contributed by atoms with Gasteiger partial charge < -0.3 is 10.4 Å². The summed E-state index contributed by atoms with van der Waals surface area (Å²) in [5.41, 5.74) is 1.33. The summed E-state index contributed by atoms with van der Waals surface area (Å²) in [7, 11) is 1.71. The highest BCUT2D eigenvalue weighted by molar-refractivity contribution is 6.00. The summed E-state index contributed by atoms with van der Waals surface area (Å²) in [5, 5.41) is 19.2. The molecule has 1 aliphatic rings. The molecular weight excluding hydrogens is 334 g/mol. The Hall–Kier alpha value is -3.42. The first-order valence-corrected chi connectivity index (χ1v) is 8.23. The molecule has 3 aromatic rings. The largest absolute Gasteiger partial charge is 0.477 e. The van der Waals surface area contributed by atoms with Crippen molar-refractivity contribution in [2.75, 3.05) is 17.7 Å². The molecule has 0 atom stereocenters. The molecule has 0 saturated heterocycles. The zero-order chi connectivity index (χ0) is 18.3. The quantitative estimate of drug-likeness (QED) is 0.650. The highest BCUT2D eigenvalue weighted by Gasteiger charge is 2.51. The second kappa shape index (κ2) is 5.83. The molecule has 1 aromatic carbocycles. The van der Waals surface area contributed by atoms with E-state index in [9.17, 15) is 14.7 Å². The maximum atomic E-state index is 12.8. The molecule has 0 bridgehead atoms. The average molecular weight is 351 g/mol. The number of hydrogen-bond acceptors (Lipinski definition) is 5. The third-order valence-corrected chi connectivity index (χ3v) is 4.71. The Kier molecular flexibility index (Phi) is 3.61. The normalized spacial score (nSPS) is 14.8. The van der Waals surface area contributed by atoms with Crippen LogP contribution in [-0.2, 0) is 10.2 Å². The van der Waals surface area contributed by atoms with E-state index in [2.05, 4.69) is 20.7 Å². The first kappa shape index (κ1) is 16.1. The lowest BCUT2D eigenvalue weighted by molar-refractivity contribution is -0.118. The summed E-state index contributed by atoms with van der Waals surface area (Å²) in [6, 6.07) is 12.7.